The second-order valence-corrected chi connectivity index (χ2v) is 10.6. The highest BCUT2D eigenvalue weighted by Crippen LogP contribution is 2.34. The van der Waals surface area contributed by atoms with Gasteiger partial charge < -0.3 is 10.6 Å². The van der Waals surface area contributed by atoms with E-state index in [1.54, 1.807) is 0 Å². The van der Waals surface area contributed by atoms with Gasteiger partial charge in [-0.3, -0.25) is 9.79 Å². The molecule has 0 aromatic heterocycles. The highest BCUT2D eigenvalue weighted by molar-refractivity contribution is 8.15. The molecule has 4 rings (SSSR count). The Morgan fingerprint density at radius 3 is 2.73 bits per heavy atom. The van der Waals surface area contributed by atoms with Crippen molar-refractivity contribution in [3.63, 3.8) is 0 Å². The molecule has 2 atom stereocenters. The third-order valence-corrected chi connectivity index (χ3v) is 8.28. The predicted octanol–water partition coefficient (Wildman–Crippen LogP) is 2.43. The van der Waals surface area contributed by atoms with Crippen LogP contribution in [0.1, 0.15) is 42.5 Å². The molecule has 1 aromatic carbocycles. The fourth-order valence-corrected chi connectivity index (χ4v) is 7.47. The number of hydrogen-bond acceptors (Lipinski definition) is 6. The number of nitrogens with one attached hydrogen (secondary N) is 2. The van der Waals surface area contributed by atoms with E-state index in [1.165, 1.54) is 31.0 Å². The number of aliphatic imine (C=N–C) groups is 1. The molecule has 2 aliphatic heterocycles. The fourth-order valence-electron chi connectivity index (χ4n) is 3.79. The van der Waals surface area contributed by atoms with Crippen LogP contribution in [-0.4, -0.2) is 48.3 Å². The van der Waals surface area contributed by atoms with Crippen molar-refractivity contribution < 1.29 is 13.2 Å². The molecule has 140 valence electrons. The Labute approximate surface area is 158 Å². The van der Waals surface area contributed by atoms with Gasteiger partial charge in [-0.1, -0.05) is 37.1 Å². The maximum absolute atomic E-state index is 12.5. The maximum atomic E-state index is 12.5. The predicted molar refractivity (Wildman–Crippen MR) is 106 cm³/mol. The summed E-state index contributed by atoms with van der Waals surface area (Å²) in [5.41, 5.74) is 1.43. The Morgan fingerprint density at radius 2 is 1.96 bits per heavy atom. The topological polar surface area (TPSA) is 87.6 Å². The van der Waals surface area contributed by atoms with E-state index in [1.807, 2.05) is 24.3 Å². The molecule has 3 aliphatic rings. The van der Waals surface area contributed by atoms with Crippen molar-refractivity contribution >= 4 is 38.4 Å². The molecule has 1 aromatic rings. The van der Waals surface area contributed by atoms with Crippen LogP contribution in [0.3, 0.4) is 0 Å². The van der Waals surface area contributed by atoms with Gasteiger partial charge in [0, 0.05) is 22.5 Å². The van der Waals surface area contributed by atoms with Crippen LogP contribution in [0.5, 0.6) is 0 Å². The van der Waals surface area contributed by atoms with Crippen molar-refractivity contribution in [3.8, 4) is 0 Å². The first kappa shape index (κ1) is 17.9. The molecule has 0 bridgehead atoms. The molecule has 1 amide bonds. The first-order valence-electron chi connectivity index (χ1n) is 9.11. The monoisotopic (exact) mass is 393 g/mol. The van der Waals surface area contributed by atoms with Gasteiger partial charge in [0.2, 0.25) is 0 Å². The zero-order valence-electron chi connectivity index (χ0n) is 14.5. The van der Waals surface area contributed by atoms with Gasteiger partial charge in [-0.05, 0) is 31.0 Å². The summed E-state index contributed by atoms with van der Waals surface area (Å²) < 4.78 is 23.3. The summed E-state index contributed by atoms with van der Waals surface area (Å²) >= 11 is 1.48. The van der Waals surface area contributed by atoms with Gasteiger partial charge in [0.25, 0.3) is 5.91 Å². The molecule has 1 saturated carbocycles. The van der Waals surface area contributed by atoms with Crippen LogP contribution in [-0.2, 0) is 9.84 Å². The third-order valence-electron chi connectivity index (χ3n) is 5.13. The van der Waals surface area contributed by atoms with Crippen molar-refractivity contribution in [2.24, 2.45) is 4.99 Å². The van der Waals surface area contributed by atoms with Gasteiger partial charge in [-0.15, -0.1) is 0 Å². The van der Waals surface area contributed by atoms with E-state index in [-0.39, 0.29) is 34.7 Å². The quantitative estimate of drug-likeness (QED) is 0.823. The summed E-state index contributed by atoms with van der Waals surface area (Å²) in [5, 5.41) is 7.11. The third kappa shape index (κ3) is 4.06. The first-order chi connectivity index (χ1) is 12.5. The number of amides is 1. The Kier molecular flexibility index (Phi) is 4.96. The molecule has 6 nitrogen and oxygen atoms in total. The highest BCUT2D eigenvalue weighted by atomic mass is 32.2. The molecule has 2 N–H and O–H groups in total. The number of hydrogen-bond donors (Lipinski definition) is 2. The SMILES string of the molecule is O=C(NC1CCCCC1)c1cccc(NC2=NC3CS(=O)(=O)CC3S2)c1. The summed E-state index contributed by atoms with van der Waals surface area (Å²) in [6.45, 7) is 0. The molecule has 2 fully saturated rings. The smallest absolute Gasteiger partial charge is 0.251 e. The van der Waals surface area contributed by atoms with E-state index in [0.29, 0.717) is 5.56 Å². The Hall–Kier alpha value is -1.54. The summed E-state index contributed by atoms with van der Waals surface area (Å²) in [4.78, 5) is 17.0. The van der Waals surface area contributed by atoms with E-state index in [4.69, 9.17) is 0 Å². The lowest BCUT2D eigenvalue weighted by atomic mass is 9.95. The molecule has 1 saturated heterocycles. The van der Waals surface area contributed by atoms with E-state index < -0.39 is 9.84 Å². The van der Waals surface area contributed by atoms with Crippen LogP contribution in [0, 0.1) is 0 Å². The number of benzene rings is 1. The average Bonchev–Trinajstić information content (AvgIpc) is 3.08. The van der Waals surface area contributed by atoms with Crippen molar-refractivity contribution in [3.05, 3.63) is 29.8 Å². The summed E-state index contributed by atoms with van der Waals surface area (Å²) in [6, 6.07) is 7.52. The van der Waals surface area contributed by atoms with Gasteiger partial charge in [0.15, 0.2) is 15.0 Å². The van der Waals surface area contributed by atoms with Gasteiger partial charge in [-0.25, -0.2) is 8.42 Å². The van der Waals surface area contributed by atoms with Crippen LogP contribution >= 0.6 is 11.8 Å². The Morgan fingerprint density at radius 1 is 1.15 bits per heavy atom. The van der Waals surface area contributed by atoms with Crippen LogP contribution in [0.25, 0.3) is 0 Å². The van der Waals surface area contributed by atoms with Crippen LogP contribution in [0.15, 0.2) is 29.3 Å². The lowest BCUT2D eigenvalue weighted by Gasteiger charge is -2.22. The number of amidine groups is 1. The molecule has 0 radical (unpaired) electrons. The summed E-state index contributed by atoms with van der Waals surface area (Å²) in [5.74, 6) is 0.296. The summed E-state index contributed by atoms with van der Waals surface area (Å²) in [6.07, 6.45) is 5.74. The molecule has 8 heteroatoms. The van der Waals surface area contributed by atoms with E-state index >= 15 is 0 Å². The number of anilines is 1. The van der Waals surface area contributed by atoms with Crippen molar-refractivity contribution in [1.29, 1.82) is 0 Å². The van der Waals surface area contributed by atoms with Crippen LogP contribution in [0.4, 0.5) is 5.69 Å². The van der Waals surface area contributed by atoms with Gasteiger partial charge in [-0.2, -0.15) is 0 Å². The molecular formula is C18H23N3O3S2. The Balaban J connectivity index is 1.39. The molecule has 0 spiro atoms. The average molecular weight is 394 g/mol. The number of fused-ring (bicyclic) bond motifs is 1. The maximum Gasteiger partial charge on any atom is 0.251 e. The minimum absolute atomic E-state index is 0.0142. The van der Waals surface area contributed by atoms with Crippen molar-refractivity contribution in [1.82, 2.24) is 5.32 Å². The Bertz CT molecular complexity index is 832. The standard InChI is InChI=1S/C18H23N3O3S2/c22-17(19-13-6-2-1-3-7-13)12-5-4-8-14(9-12)20-18-21-15-10-26(23,24)11-16(15)25-18/h4-5,8-9,13,15-16H,1-3,6-7,10-11H2,(H,19,22)(H,20,21). The second kappa shape index (κ2) is 7.23. The zero-order valence-corrected chi connectivity index (χ0v) is 16.1. The number of thioether (sulfide) groups is 1. The van der Waals surface area contributed by atoms with Crippen LogP contribution in [0.2, 0.25) is 0 Å². The first-order valence-corrected chi connectivity index (χ1v) is 11.8. The summed E-state index contributed by atoms with van der Waals surface area (Å²) in [7, 11) is -2.94. The van der Waals surface area contributed by atoms with Gasteiger partial charge in [0.1, 0.15) is 0 Å². The molecule has 2 unspecified atom stereocenters. The minimum atomic E-state index is -2.94. The number of rotatable bonds is 3. The fraction of sp³-hybridized carbons (Fsp3) is 0.556. The van der Waals surface area contributed by atoms with Crippen molar-refractivity contribution in [2.75, 3.05) is 16.8 Å². The molecule has 26 heavy (non-hydrogen) atoms. The number of carbonyl (C=O) groups is 1. The zero-order chi connectivity index (χ0) is 18.1. The normalized spacial score (nSPS) is 27.6. The molecule has 2 heterocycles. The van der Waals surface area contributed by atoms with Gasteiger partial charge >= 0.3 is 0 Å². The number of sulfone groups is 1. The van der Waals surface area contributed by atoms with Crippen molar-refractivity contribution in [2.45, 2.75) is 49.4 Å². The van der Waals surface area contributed by atoms with E-state index in [2.05, 4.69) is 15.6 Å². The minimum Gasteiger partial charge on any atom is -0.349 e. The molecule has 1 aliphatic carbocycles. The van der Waals surface area contributed by atoms with Crippen LogP contribution < -0.4 is 10.6 Å². The second-order valence-electron chi connectivity index (χ2n) is 7.25. The highest BCUT2D eigenvalue weighted by Gasteiger charge is 2.42. The van der Waals surface area contributed by atoms with Gasteiger partial charge in [0.05, 0.1) is 17.5 Å². The number of nitrogens with zero attached hydrogens (tertiary/aromatic N) is 1. The number of carbonyl (C=O) groups excluding carboxylic acids is 1. The van der Waals surface area contributed by atoms with E-state index in [0.717, 1.165) is 23.7 Å². The van der Waals surface area contributed by atoms with E-state index in [9.17, 15) is 13.2 Å². The largest absolute Gasteiger partial charge is 0.349 e. The molecular weight excluding hydrogens is 370 g/mol. The lowest BCUT2D eigenvalue weighted by molar-refractivity contribution is 0.0927. The lowest BCUT2D eigenvalue weighted by Crippen LogP contribution is -2.36.